The van der Waals surface area contributed by atoms with Crippen LogP contribution in [0.3, 0.4) is 0 Å². The highest BCUT2D eigenvalue weighted by molar-refractivity contribution is 7.22. The average Bonchev–Trinajstić information content (AvgIpc) is 3.27. The lowest BCUT2D eigenvalue weighted by molar-refractivity contribution is 0.103. The molecule has 27 heavy (non-hydrogen) atoms. The van der Waals surface area contributed by atoms with Crippen LogP contribution in [0.4, 0.5) is 9.52 Å². The zero-order valence-corrected chi connectivity index (χ0v) is 16.0. The summed E-state index contributed by atoms with van der Waals surface area (Å²) in [5.41, 5.74) is 2.85. The molecular weight excluding hydrogens is 383 g/mol. The van der Waals surface area contributed by atoms with Gasteiger partial charge in [0.25, 0.3) is 5.91 Å². The third kappa shape index (κ3) is 3.99. The SMILES string of the molecule is Cc1cccc2sc(NC(=O)c3cc(COc4cccc(F)c4)cs3)nc12. The number of aromatic nitrogens is 1. The Morgan fingerprint density at radius 1 is 1.22 bits per heavy atom. The molecule has 0 unspecified atom stereocenters. The fraction of sp³-hybridized carbons (Fsp3) is 0.100. The fourth-order valence-corrected chi connectivity index (χ4v) is 4.32. The van der Waals surface area contributed by atoms with Gasteiger partial charge in [0.05, 0.1) is 15.1 Å². The first-order valence-electron chi connectivity index (χ1n) is 8.22. The number of ether oxygens (including phenoxy) is 1. The maximum atomic E-state index is 13.2. The molecule has 4 aromatic rings. The Morgan fingerprint density at radius 3 is 2.89 bits per heavy atom. The molecule has 2 heterocycles. The van der Waals surface area contributed by atoms with Crippen LogP contribution >= 0.6 is 22.7 Å². The first-order chi connectivity index (χ1) is 13.1. The van der Waals surface area contributed by atoms with Gasteiger partial charge in [-0.25, -0.2) is 9.37 Å². The third-order valence-electron chi connectivity index (χ3n) is 3.92. The van der Waals surface area contributed by atoms with Gasteiger partial charge in [-0.2, -0.15) is 0 Å². The molecule has 0 aliphatic carbocycles. The summed E-state index contributed by atoms with van der Waals surface area (Å²) in [7, 11) is 0. The van der Waals surface area contributed by atoms with E-state index < -0.39 is 0 Å². The first-order valence-corrected chi connectivity index (χ1v) is 9.91. The van der Waals surface area contributed by atoms with Crippen molar-refractivity contribution in [2.75, 3.05) is 5.32 Å². The zero-order chi connectivity index (χ0) is 18.8. The zero-order valence-electron chi connectivity index (χ0n) is 14.4. The third-order valence-corrected chi connectivity index (χ3v) is 5.83. The number of carbonyl (C=O) groups is 1. The molecule has 0 bridgehead atoms. The largest absolute Gasteiger partial charge is 0.489 e. The van der Waals surface area contributed by atoms with E-state index in [9.17, 15) is 9.18 Å². The summed E-state index contributed by atoms with van der Waals surface area (Å²) in [6.45, 7) is 2.27. The fourth-order valence-electron chi connectivity index (χ4n) is 2.59. The van der Waals surface area contributed by atoms with E-state index in [1.807, 2.05) is 30.5 Å². The van der Waals surface area contributed by atoms with Gasteiger partial charge < -0.3 is 4.74 Å². The number of nitrogens with one attached hydrogen (secondary N) is 1. The van der Waals surface area contributed by atoms with E-state index in [2.05, 4.69) is 10.3 Å². The number of aryl methyl sites for hydroxylation is 1. The molecule has 0 saturated heterocycles. The van der Waals surface area contributed by atoms with Crippen LogP contribution in [0.25, 0.3) is 10.2 Å². The number of rotatable bonds is 5. The summed E-state index contributed by atoms with van der Waals surface area (Å²) in [5.74, 6) is -0.0882. The number of fused-ring (bicyclic) bond motifs is 1. The minimum Gasteiger partial charge on any atom is -0.489 e. The van der Waals surface area contributed by atoms with Gasteiger partial charge in [0.15, 0.2) is 5.13 Å². The van der Waals surface area contributed by atoms with Crippen LogP contribution in [0.5, 0.6) is 5.75 Å². The number of benzene rings is 2. The monoisotopic (exact) mass is 398 g/mol. The second-order valence-electron chi connectivity index (χ2n) is 5.96. The topological polar surface area (TPSA) is 51.2 Å². The highest BCUT2D eigenvalue weighted by atomic mass is 32.1. The molecule has 4 rings (SSSR count). The van der Waals surface area contributed by atoms with Crippen LogP contribution in [0.15, 0.2) is 53.9 Å². The molecular formula is C20H15FN2O2S2. The lowest BCUT2D eigenvalue weighted by Crippen LogP contribution is -2.09. The van der Waals surface area contributed by atoms with Gasteiger partial charge in [-0.3, -0.25) is 10.1 Å². The molecule has 7 heteroatoms. The predicted octanol–water partition coefficient (Wildman–Crippen LogP) is 5.64. The summed E-state index contributed by atoms with van der Waals surface area (Å²) in [5, 5.41) is 5.29. The molecule has 0 aliphatic heterocycles. The van der Waals surface area contributed by atoms with Gasteiger partial charge >= 0.3 is 0 Å². The summed E-state index contributed by atoms with van der Waals surface area (Å²) in [6.07, 6.45) is 0. The molecule has 0 spiro atoms. The number of carbonyl (C=O) groups excluding carboxylic acids is 1. The summed E-state index contributed by atoms with van der Waals surface area (Å²) in [4.78, 5) is 17.6. The predicted molar refractivity (Wildman–Crippen MR) is 107 cm³/mol. The van der Waals surface area contributed by atoms with Crippen LogP contribution in [-0.2, 0) is 6.61 Å². The maximum absolute atomic E-state index is 13.2. The highest BCUT2D eigenvalue weighted by Crippen LogP contribution is 2.28. The van der Waals surface area contributed by atoms with Gasteiger partial charge in [0.1, 0.15) is 18.2 Å². The van der Waals surface area contributed by atoms with Crippen molar-refractivity contribution in [3.05, 3.63) is 75.7 Å². The first kappa shape index (κ1) is 17.6. The van der Waals surface area contributed by atoms with E-state index in [1.165, 1.54) is 34.8 Å². The number of nitrogens with zero attached hydrogens (tertiary/aromatic N) is 1. The lowest BCUT2D eigenvalue weighted by atomic mass is 10.2. The Morgan fingerprint density at radius 2 is 2.07 bits per heavy atom. The Labute approximate surface area is 163 Å². The van der Waals surface area contributed by atoms with E-state index in [0.717, 1.165) is 21.3 Å². The number of amides is 1. The minimum absolute atomic E-state index is 0.200. The van der Waals surface area contributed by atoms with E-state index in [0.29, 0.717) is 15.8 Å². The summed E-state index contributed by atoms with van der Waals surface area (Å²) < 4.78 is 19.8. The van der Waals surface area contributed by atoms with Gasteiger partial charge in [0, 0.05) is 11.6 Å². The number of halogens is 1. The molecule has 1 N–H and O–H groups in total. The molecule has 0 fully saturated rings. The number of anilines is 1. The van der Waals surface area contributed by atoms with Crippen molar-refractivity contribution in [3.63, 3.8) is 0 Å². The summed E-state index contributed by atoms with van der Waals surface area (Å²) in [6, 6.07) is 13.7. The van der Waals surface area contributed by atoms with Crippen molar-refractivity contribution in [2.24, 2.45) is 0 Å². The molecule has 0 aliphatic rings. The normalized spacial score (nSPS) is 10.9. The maximum Gasteiger partial charge on any atom is 0.267 e. The van der Waals surface area contributed by atoms with Crippen molar-refractivity contribution in [2.45, 2.75) is 13.5 Å². The van der Waals surface area contributed by atoms with E-state index in [1.54, 1.807) is 18.2 Å². The number of hydrogen-bond donors (Lipinski definition) is 1. The van der Waals surface area contributed by atoms with Gasteiger partial charge in [-0.1, -0.05) is 29.5 Å². The molecule has 0 atom stereocenters. The highest BCUT2D eigenvalue weighted by Gasteiger charge is 2.13. The quantitative estimate of drug-likeness (QED) is 0.473. The number of para-hydroxylation sites is 1. The van der Waals surface area contributed by atoms with E-state index in [4.69, 9.17) is 4.74 Å². The molecule has 0 radical (unpaired) electrons. The molecule has 0 saturated carbocycles. The summed E-state index contributed by atoms with van der Waals surface area (Å²) >= 11 is 2.79. The van der Waals surface area contributed by atoms with Gasteiger partial charge in [-0.05, 0) is 42.1 Å². The average molecular weight is 398 g/mol. The van der Waals surface area contributed by atoms with E-state index >= 15 is 0 Å². The Bertz CT molecular complexity index is 1120. The van der Waals surface area contributed by atoms with Crippen molar-refractivity contribution >= 4 is 43.9 Å². The molecule has 2 aromatic heterocycles. The minimum atomic E-state index is -0.344. The second-order valence-corrected chi connectivity index (χ2v) is 7.90. The smallest absolute Gasteiger partial charge is 0.267 e. The van der Waals surface area contributed by atoms with Crippen LogP contribution in [0, 0.1) is 12.7 Å². The number of thiophene rings is 1. The van der Waals surface area contributed by atoms with Crippen LogP contribution < -0.4 is 10.1 Å². The molecule has 1 amide bonds. The van der Waals surface area contributed by atoms with Crippen LogP contribution in [-0.4, -0.2) is 10.9 Å². The standard InChI is InChI=1S/C20H15FN2O2S2/c1-12-4-2-7-16-18(12)22-20(27-16)23-19(24)17-8-13(11-26-17)10-25-15-6-3-5-14(21)9-15/h2-9,11H,10H2,1H3,(H,22,23,24). The Balaban J connectivity index is 1.42. The second kappa shape index (κ2) is 7.46. The van der Waals surface area contributed by atoms with E-state index in [-0.39, 0.29) is 18.3 Å². The van der Waals surface area contributed by atoms with Crippen LogP contribution in [0.2, 0.25) is 0 Å². The Hall–Kier alpha value is -2.77. The molecule has 4 nitrogen and oxygen atoms in total. The van der Waals surface area contributed by atoms with Gasteiger partial charge in [-0.15, -0.1) is 11.3 Å². The number of thiazole rings is 1. The van der Waals surface area contributed by atoms with Crippen molar-refractivity contribution < 1.29 is 13.9 Å². The molecule has 2 aromatic carbocycles. The van der Waals surface area contributed by atoms with Crippen LogP contribution in [0.1, 0.15) is 20.8 Å². The Kier molecular flexibility index (Phi) is 4.87. The van der Waals surface area contributed by atoms with Crippen molar-refractivity contribution in [3.8, 4) is 5.75 Å². The van der Waals surface area contributed by atoms with Crippen molar-refractivity contribution in [1.29, 1.82) is 0 Å². The van der Waals surface area contributed by atoms with Crippen molar-refractivity contribution in [1.82, 2.24) is 4.98 Å². The van der Waals surface area contributed by atoms with Gasteiger partial charge in [0.2, 0.25) is 0 Å². The number of hydrogen-bond acceptors (Lipinski definition) is 5. The molecule has 136 valence electrons. The lowest BCUT2D eigenvalue weighted by Gasteiger charge is -2.04.